The number of nitrogens with one attached hydrogen (secondary N) is 2. The number of aliphatic imine (C=N–C) groups is 1. The summed E-state index contributed by atoms with van der Waals surface area (Å²) >= 11 is 1.13. The fraction of sp³-hybridized carbons (Fsp3) is 0.500. The van der Waals surface area contributed by atoms with Crippen molar-refractivity contribution in [1.82, 2.24) is 25.4 Å². The quantitative estimate of drug-likeness (QED) is 0.443. The van der Waals surface area contributed by atoms with E-state index in [1.54, 1.807) is 12.4 Å². The average Bonchev–Trinajstić information content (AvgIpc) is 3.21. The first kappa shape index (κ1) is 19.3. The summed E-state index contributed by atoms with van der Waals surface area (Å²) in [5, 5.41) is 19.5. The van der Waals surface area contributed by atoms with Gasteiger partial charge in [-0.15, -0.1) is 21.5 Å². The van der Waals surface area contributed by atoms with E-state index in [4.69, 9.17) is 5.14 Å². The van der Waals surface area contributed by atoms with Gasteiger partial charge in [0.05, 0.1) is 6.54 Å². The van der Waals surface area contributed by atoms with Gasteiger partial charge in [-0.05, 0) is 19.1 Å². The lowest BCUT2D eigenvalue weighted by molar-refractivity contribution is 0.600. The Kier molecular flexibility index (Phi) is 6.91. The molecule has 0 radical (unpaired) electrons. The Hall–Kier alpha value is -1.98. The van der Waals surface area contributed by atoms with Gasteiger partial charge < -0.3 is 15.2 Å². The van der Waals surface area contributed by atoms with E-state index in [1.807, 2.05) is 18.4 Å². The van der Waals surface area contributed by atoms with E-state index in [2.05, 4.69) is 25.8 Å². The first-order chi connectivity index (χ1) is 11.9. The number of nitrogens with zero attached hydrogens (tertiary/aromatic N) is 4. The molecule has 0 saturated carbocycles. The van der Waals surface area contributed by atoms with E-state index in [-0.39, 0.29) is 4.21 Å². The molecule has 2 aromatic rings. The van der Waals surface area contributed by atoms with Crippen molar-refractivity contribution in [3.05, 3.63) is 29.2 Å². The highest BCUT2D eigenvalue weighted by molar-refractivity contribution is 7.91. The third-order valence-electron chi connectivity index (χ3n) is 3.31. The molecule has 25 heavy (non-hydrogen) atoms. The van der Waals surface area contributed by atoms with Crippen LogP contribution < -0.4 is 15.8 Å². The van der Waals surface area contributed by atoms with Crippen molar-refractivity contribution < 1.29 is 8.42 Å². The van der Waals surface area contributed by atoms with Crippen LogP contribution in [0.25, 0.3) is 0 Å². The predicted octanol–water partition coefficient (Wildman–Crippen LogP) is 0.305. The Balaban J connectivity index is 1.93. The van der Waals surface area contributed by atoms with E-state index < -0.39 is 10.0 Å². The average molecular weight is 386 g/mol. The maximum Gasteiger partial charge on any atom is 0.247 e. The van der Waals surface area contributed by atoms with Gasteiger partial charge in [0.15, 0.2) is 5.96 Å². The molecule has 0 amide bonds. The van der Waals surface area contributed by atoms with E-state index in [0.717, 1.165) is 41.5 Å². The third-order valence-corrected chi connectivity index (χ3v) is 5.82. The molecule has 11 heteroatoms. The van der Waals surface area contributed by atoms with Gasteiger partial charge >= 0.3 is 0 Å². The van der Waals surface area contributed by atoms with E-state index in [9.17, 15) is 8.42 Å². The van der Waals surface area contributed by atoms with E-state index >= 15 is 0 Å². The van der Waals surface area contributed by atoms with Crippen LogP contribution in [0.5, 0.6) is 0 Å². The number of aromatic nitrogens is 3. The van der Waals surface area contributed by atoms with Gasteiger partial charge in [0, 0.05) is 30.9 Å². The van der Waals surface area contributed by atoms with Crippen molar-refractivity contribution in [3.63, 3.8) is 0 Å². The van der Waals surface area contributed by atoms with Crippen LogP contribution in [-0.4, -0.2) is 42.2 Å². The molecule has 0 atom stereocenters. The molecule has 0 unspecified atom stereocenters. The summed E-state index contributed by atoms with van der Waals surface area (Å²) in [6, 6.07) is 3.23. The summed E-state index contributed by atoms with van der Waals surface area (Å²) in [6.45, 7) is 6.53. The number of aryl methyl sites for hydroxylation is 1. The predicted molar refractivity (Wildman–Crippen MR) is 97.9 cm³/mol. The largest absolute Gasteiger partial charge is 0.357 e. The Morgan fingerprint density at radius 1 is 1.36 bits per heavy atom. The van der Waals surface area contributed by atoms with Crippen molar-refractivity contribution in [2.45, 2.75) is 37.6 Å². The lowest BCUT2D eigenvalue weighted by atomic mass is 10.4. The summed E-state index contributed by atoms with van der Waals surface area (Å²) in [4.78, 5) is 5.30. The molecule has 0 aliphatic heterocycles. The minimum atomic E-state index is -3.65. The molecule has 2 rings (SSSR count). The van der Waals surface area contributed by atoms with Crippen molar-refractivity contribution in [3.8, 4) is 0 Å². The number of thiophene rings is 1. The zero-order valence-corrected chi connectivity index (χ0v) is 15.9. The van der Waals surface area contributed by atoms with Gasteiger partial charge in [0.25, 0.3) is 0 Å². The standard InChI is InChI=1S/C14H23N7O2S2/c1-3-12-20-19-10-21(12)8-7-17-14(16-4-2)18-9-11-5-6-13(24-11)25(15,22)23/h5-6,10H,3-4,7-9H2,1-2H3,(H2,15,22,23)(H2,16,17,18). The zero-order valence-electron chi connectivity index (χ0n) is 14.3. The normalized spacial score (nSPS) is 12.4. The second kappa shape index (κ2) is 8.92. The molecule has 0 saturated heterocycles. The van der Waals surface area contributed by atoms with Gasteiger partial charge in [-0.2, -0.15) is 0 Å². The first-order valence-electron chi connectivity index (χ1n) is 7.94. The van der Waals surface area contributed by atoms with Gasteiger partial charge in [-0.25, -0.2) is 18.5 Å². The number of rotatable bonds is 8. The van der Waals surface area contributed by atoms with Gasteiger partial charge in [-0.3, -0.25) is 0 Å². The number of primary sulfonamides is 1. The number of nitrogens with two attached hydrogens (primary N) is 1. The lowest BCUT2D eigenvalue weighted by Crippen LogP contribution is -2.38. The van der Waals surface area contributed by atoms with Crippen LogP contribution in [0.4, 0.5) is 0 Å². The second-order valence-electron chi connectivity index (χ2n) is 5.18. The monoisotopic (exact) mass is 385 g/mol. The summed E-state index contributed by atoms with van der Waals surface area (Å²) in [5.74, 6) is 1.61. The van der Waals surface area contributed by atoms with Crippen molar-refractivity contribution in [2.75, 3.05) is 13.1 Å². The molecule has 0 fully saturated rings. The van der Waals surface area contributed by atoms with Gasteiger partial charge in [0.2, 0.25) is 10.0 Å². The number of guanidine groups is 1. The minimum absolute atomic E-state index is 0.148. The molecule has 0 bridgehead atoms. The Labute approximate surface area is 151 Å². The molecule has 0 aromatic carbocycles. The molecular weight excluding hydrogens is 362 g/mol. The number of hydrogen-bond acceptors (Lipinski definition) is 6. The highest BCUT2D eigenvalue weighted by atomic mass is 32.2. The molecule has 9 nitrogen and oxygen atoms in total. The molecule has 0 aliphatic carbocycles. The Morgan fingerprint density at radius 2 is 2.16 bits per heavy atom. The van der Waals surface area contributed by atoms with Gasteiger partial charge in [-0.1, -0.05) is 6.92 Å². The Morgan fingerprint density at radius 3 is 2.80 bits per heavy atom. The topological polar surface area (TPSA) is 127 Å². The smallest absolute Gasteiger partial charge is 0.247 e. The fourth-order valence-corrected chi connectivity index (χ4v) is 3.83. The van der Waals surface area contributed by atoms with Crippen LogP contribution in [0.1, 0.15) is 24.5 Å². The molecule has 4 N–H and O–H groups in total. The summed E-state index contributed by atoms with van der Waals surface area (Å²) < 4.78 is 24.8. The first-order valence-corrected chi connectivity index (χ1v) is 10.3. The lowest BCUT2D eigenvalue weighted by Gasteiger charge is -2.12. The highest BCUT2D eigenvalue weighted by Gasteiger charge is 2.11. The van der Waals surface area contributed by atoms with Crippen LogP contribution in [0.15, 0.2) is 27.7 Å². The number of sulfonamides is 1. The molecule has 2 heterocycles. The van der Waals surface area contributed by atoms with Crippen LogP contribution in [0.2, 0.25) is 0 Å². The van der Waals surface area contributed by atoms with E-state index in [0.29, 0.717) is 19.0 Å². The molecule has 0 aliphatic rings. The summed E-state index contributed by atoms with van der Waals surface area (Å²) in [5.41, 5.74) is 0. The molecule has 0 spiro atoms. The molecule has 2 aromatic heterocycles. The van der Waals surface area contributed by atoms with Crippen LogP contribution in [-0.2, 0) is 29.5 Å². The maximum absolute atomic E-state index is 11.3. The number of hydrogen-bond donors (Lipinski definition) is 3. The fourth-order valence-electron chi connectivity index (χ4n) is 2.13. The van der Waals surface area contributed by atoms with Crippen molar-refractivity contribution in [1.29, 1.82) is 0 Å². The Bertz CT molecular complexity index is 811. The summed E-state index contributed by atoms with van der Waals surface area (Å²) in [7, 11) is -3.65. The molecular formula is C14H23N7O2S2. The van der Waals surface area contributed by atoms with Crippen LogP contribution >= 0.6 is 11.3 Å². The van der Waals surface area contributed by atoms with Crippen LogP contribution in [0, 0.1) is 0 Å². The minimum Gasteiger partial charge on any atom is -0.357 e. The third kappa shape index (κ3) is 5.80. The van der Waals surface area contributed by atoms with Crippen LogP contribution in [0.3, 0.4) is 0 Å². The molecule has 138 valence electrons. The van der Waals surface area contributed by atoms with E-state index in [1.165, 1.54) is 6.07 Å². The highest BCUT2D eigenvalue weighted by Crippen LogP contribution is 2.20. The van der Waals surface area contributed by atoms with Crippen molar-refractivity contribution >= 4 is 27.3 Å². The van der Waals surface area contributed by atoms with Gasteiger partial charge in [0.1, 0.15) is 16.4 Å². The SMILES string of the molecule is CCNC(=NCc1ccc(S(N)(=O)=O)s1)NCCn1cnnc1CC. The van der Waals surface area contributed by atoms with Crippen molar-refractivity contribution in [2.24, 2.45) is 10.1 Å². The zero-order chi connectivity index (χ0) is 18.3. The maximum atomic E-state index is 11.3. The summed E-state index contributed by atoms with van der Waals surface area (Å²) in [6.07, 6.45) is 2.55. The second-order valence-corrected chi connectivity index (χ2v) is 8.14.